The lowest BCUT2D eigenvalue weighted by Crippen LogP contribution is -2.30. The van der Waals surface area contributed by atoms with Crippen LogP contribution >= 0.6 is 11.6 Å². The van der Waals surface area contributed by atoms with Gasteiger partial charge >= 0.3 is 0 Å². The van der Waals surface area contributed by atoms with E-state index in [1.165, 1.54) is 0 Å². The predicted octanol–water partition coefficient (Wildman–Crippen LogP) is 0.959. The van der Waals surface area contributed by atoms with E-state index in [2.05, 4.69) is 20.6 Å². The molecule has 1 aromatic rings. The van der Waals surface area contributed by atoms with Crippen molar-refractivity contribution in [2.24, 2.45) is 0 Å². The molecule has 0 radical (unpaired) electrons. The van der Waals surface area contributed by atoms with E-state index in [1.807, 2.05) is 6.92 Å². The first kappa shape index (κ1) is 13.5. The van der Waals surface area contributed by atoms with E-state index in [-0.39, 0.29) is 17.7 Å². The van der Waals surface area contributed by atoms with E-state index in [1.54, 1.807) is 6.92 Å². The first-order valence-electron chi connectivity index (χ1n) is 5.34. The zero-order chi connectivity index (χ0) is 12.8. The van der Waals surface area contributed by atoms with Gasteiger partial charge in [0.05, 0.1) is 17.9 Å². The quantitative estimate of drug-likeness (QED) is 0.683. The average molecular weight is 258 g/mol. The van der Waals surface area contributed by atoms with Gasteiger partial charge in [-0.3, -0.25) is 4.79 Å². The lowest BCUT2D eigenvalue weighted by atomic mass is 10.3. The van der Waals surface area contributed by atoms with Crippen LogP contribution in [0.15, 0.2) is 0 Å². The molecule has 94 valence electrons. The molecule has 6 nitrogen and oxygen atoms in total. The molecule has 1 aromatic heterocycles. The Hall–Kier alpha value is -1.56. The van der Waals surface area contributed by atoms with Crippen molar-refractivity contribution < 1.29 is 4.79 Å². The number of nitrogens with zero attached hydrogens (tertiary/aromatic N) is 2. The highest BCUT2D eigenvalue weighted by Crippen LogP contribution is 2.19. The number of nitrogen functional groups attached to an aromatic ring is 1. The summed E-state index contributed by atoms with van der Waals surface area (Å²) in [5.41, 5.74) is 6.75. The van der Waals surface area contributed by atoms with E-state index in [4.69, 9.17) is 17.3 Å². The molecule has 1 amide bonds. The van der Waals surface area contributed by atoms with Crippen LogP contribution in [0.3, 0.4) is 0 Å². The second-order valence-corrected chi connectivity index (χ2v) is 3.88. The van der Waals surface area contributed by atoms with Crippen LogP contribution in [0, 0.1) is 6.92 Å². The zero-order valence-corrected chi connectivity index (χ0v) is 10.6. The third kappa shape index (κ3) is 4.07. The molecule has 1 rings (SSSR count). The normalized spacial score (nSPS) is 10.1. The second-order valence-electron chi connectivity index (χ2n) is 3.54. The number of nitrogens with one attached hydrogen (secondary N) is 2. The summed E-state index contributed by atoms with van der Waals surface area (Å²) in [5, 5.41) is 5.67. The lowest BCUT2D eigenvalue weighted by Gasteiger charge is -2.10. The fraction of sp³-hybridized carbons (Fsp3) is 0.500. The minimum Gasteiger partial charge on any atom is -0.394 e. The highest BCUT2D eigenvalue weighted by molar-refractivity contribution is 6.28. The van der Waals surface area contributed by atoms with Crippen LogP contribution < -0.4 is 16.4 Å². The van der Waals surface area contributed by atoms with Gasteiger partial charge in [0, 0.05) is 6.54 Å². The average Bonchev–Trinajstić information content (AvgIpc) is 2.29. The number of aryl methyl sites for hydroxylation is 1. The molecule has 0 atom stereocenters. The molecule has 0 saturated carbocycles. The van der Waals surface area contributed by atoms with Gasteiger partial charge in [-0.1, -0.05) is 6.92 Å². The maximum Gasteiger partial charge on any atom is 0.239 e. The molecule has 0 bridgehead atoms. The fourth-order valence-corrected chi connectivity index (χ4v) is 1.38. The number of amides is 1. The predicted molar refractivity (Wildman–Crippen MR) is 68.0 cm³/mol. The second kappa shape index (κ2) is 6.24. The summed E-state index contributed by atoms with van der Waals surface area (Å²) in [6.45, 7) is 4.47. The molecule has 0 spiro atoms. The maximum atomic E-state index is 11.4. The number of hydrogen-bond acceptors (Lipinski definition) is 5. The summed E-state index contributed by atoms with van der Waals surface area (Å²) in [6.07, 6.45) is 0.895. The van der Waals surface area contributed by atoms with Crippen LogP contribution in [-0.2, 0) is 4.79 Å². The van der Waals surface area contributed by atoms with Gasteiger partial charge < -0.3 is 16.4 Å². The van der Waals surface area contributed by atoms with Gasteiger partial charge in [0.25, 0.3) is 0 Å². The molecule has 0 aliphatic carbocycles. The van der Waals surface area contributed by atoms with Crippen LogP contribution in [0.4, 0.5) is 11.5 Å². The molecule has 0 saturated heterocycles. The molecule has 7 heteroatoms. The number of carbonyl (C=O) groups is 1. The van der Waals surface area contributed by atoms with Gasteiger partial charge in [-0.05, 0) is 24.9 Å². The van der Waals surface area contributed by atoms with Crippen LogP contribution in [0.2, 0.25) is 5.28 Å². The molecule has 0 aliphatic heterocycles. The minimum absolute atomic E-state index is 0.105. The van der Waals surface area contributed by atoms with E-state index in [0.29, 0.717) is 23.7 Å². The largest absolute Gasteiger partial charge is 0.394 e. The van der Waals surface area contributed by atoms with Crippen molar-refractivity contribution >= 4 is 29.0 Å². The number of nitrogens with two attached hydrogens (primary N) is 1. The Morgan fingerprint density at radius 1 is 1.47 bits per heavy atom. The Balaban J connectivity index is 2.60. The van der Waals surface area contributed by atoms with Gasteiger partial charge in [-0.25, -0.2) is 4.98 Å². The summed E-state index contributed by atoms with van der Waals surface area (Å²) in [7, 11) is 0. The van der Waals surface area contributed by atoms with Crippen molar-refractivity contribution in [2.75, 3.05) is 24.1 Å². The van der Waals surface area contributed by atoms with Crippen molar-refractivity contribution in [3.8, 4) is 0 Å². The van der Waals surface area contributed by atoms with Crippen molar-refractivity contribution in [1.29, 1.82) is 0 Å². The molecule has 17 heavy (non-hydrogen) atoms. The van der Waals surface area contributed by atoms with Gasteiger partial charge in [-0.2, -0.15) is 4.98 Å². The summed E-state index contributed by atoms with van der Waals surface area (Å²) < 4.78 is 0. The minimum atomic E-state index is -0.112. The van der Waals surface area contributed by atoms with Crippen LogP contribution in [0.5, 0.6) is 0 Å². The molecule has 0 unspecified atom stereocenters. The smallest absolute Gasteiger partial charge is 0.239 e. The number of aromatic nitrogens is 2. The van der Waals surface area contributed by atoms with Crippen molar-refractivity contribution in [2.45, 2.75) is 20.3 Å². The maximum absolute atomic E-state index is 11.4. The lowest BCUT2D eigenvalue weighted by molar-refractivity contribution is -0.119. The monoisotopic (exact) mass is 257 g/mol. The number of carbonyl (C=O) groups excluding carboxylic acids is 1. The van der Waals surface area contributed by atoms with Crippen LogP contribution in [-0.4, -0.2) is 29.0 Å². The Kier molecular flexibility index (Phi) is 4.96. The molecular weight excluding hydrogens is 242 g/mol. The standard InChI is InChI=1S/C10H16ClN5O/c1-3-4-13-7(17)5-14-9-8(12)6(2)15-10(11)16-9/h3-5,12H2,1-2H3,(H,13,17)(H,14,15,16). The van der Waals surface area contributed by atoms with E-state index in [9.17, 15) is 4.79 Å². The van der Waals surface area contributed by atoms with Crippen molar-refractivity contribution in [3.63, 3.8) is 0 Å². The number of hydrogen-bond donors (Lipinski definition) is 3. The topological polar surface area (TPSA) is 92.9 Å². The van der Waals surface area contributed by atoms with E-state index in [0.717, 1.165) is 6.42 Å². The van der Waals surface area contributed by atoms with Crippen molar-refractivity contribution in [1.82, 2.24) is 15.3 Å². The van der Waals surface area contributed by atoms with E-state index < -0.39 is 0 Å². The number of halogens is 1. The Labute approximate surface area is 105 Å². The third-order valence-corrected chi connectivity index (χ3v) is 2.27. The Morgan fingerprint density at radius 3 is 2.82 bits per heavy atom. The fourth-order valence-electron chi connectivity index (χ4n) is 1.17. The number of rotatable bonds is 5. The van der Waals surface area contributed by atoms with Gasteiger partial charge in [0.1, 0.15) is 0 Å². The van der Waals surface area contributed by atoms with E-state index >= 15 is 0 Å². The Bertz CT molecular complexity index is 410. The molecular formula is C10H16ClN5O. The summed E-state index contributed by atoms with van der Waals surface area (Å²) in [6, 6.07) is 0. The Morgan fingerprint density at radius 2 is 2.18 bits per heavy atom. The first-order chi connectivity index (χ1) is 8.04. The molecule has 0 fully saturated rings. The highest BCUT2D eigenvalue weighted by atomic mass is 35.5. The van der Waals surface area contributed by atoms with Gasteiger partial charge in [-0.15, -0.1) is 0 Å². The van der Waals surface area contributed by atoms with Gasteiger partial charge in [0.15, 0.2) is 5.82 Å². The highest BCUT2D eigenvalue weighted by Gasteiger charge is 2.08. The molecule has 1 heterocycles. The SMILES string of the molecule is CCCNC(=O)CNc1nc(Cl)nc(C)c1N. The van der Waals surface area contributed by atoms with Crippen LogP contribution in [0.25, 0.3) is 0 Å². The molecule has 0 aromatic carbocycles. The van der Waals surface area contributed by atoms with Gasteiger partial charge in [0.2, 0.25) is 11.2 Å². The van der Waals surface area contributed by atoms with Crippen LogP contribution in [0.1, 0.15) is 19.0 Å². The third-order valence-electron chi connectivity index (χ3n) is 2.10. The summed E-state index contributed by atoms with van der Waals surface area (Å²) in [4.78, 5) is 19.2. The molecule has 0 aliphatic rings. The first-order valence-corrected chi connectivity index (χ1v) is 5.72. The summed E-state index contributed by atoms with van der Waals surface area (Å²) in [5.74, 6) is 0.271. The summed E-state index contributed by atoms with van der Waals surface area (Å²) >= 11 is 5.70. The molecule has 4 N–H and O–H groups in total. The number of anilines is 2. The zero-order valence-electron chi connectivity index (χ0n) is 9.88. The van der Waals surface area contributed by atoms with Crippen molar-refractivity contribution in [3.05, 3.63) is 11.0 Å².